The number of rotatable bonds is 4. The van der Waals surface area contributed by atoms with E-state index in [-0.39, 0.29) is 17.6 Å². The first-order valence-corrected chi connectivity index (χ1v) is 7.12. The Kier molecular flexibility index (Phi) is 4.02. The zero-order valence-corrected chi connectivity index (χ0v) is 11.9. The van der Waals surface area contributed by atoms with Gasteiger partial charge in [-0.15, -0.1) is 0 Å². The van der Waals surface area contributed by atoms with Gasteiger partial charge in [-0.2, -0.15) is 0 Å². The zero-order valence-electron chi connectivity index (χ0n) is 11.9. The van der Waals surface area contributed by atoms with Gasteiger partial charge in [0.25, 0.3) is 0 Å². The van der Waals surface area contributed by atoms with Gasteiger partial charge in [-0.25, -0.2) is 0 Å². The maximum absolute atomic E-state index is 10.1. The van der Waals surface area contributed by atoms with Crippen molar-refractivity contribution in [1.29, 1.82) is 0 Å². The molecular formula is C14H27NO3. The molecule has 2 aliphatic rings. The average molecular weight is 257 g/mol. The van der Waals surface area contributed by atoms with Gasteiger partial charge in [0, 0.05) is 25.0 Å². The minimum atomic E-state index is -0.637. The number of piperidine rings is 1. The van der Waals surface area contributed by atoms with Gasteiger partial charge in [-0.3, -0.25) is 0 Å². The summed E-state index contributed by atoms with van der Waals surface area (Å²) in [5.41, 5.74) is -0.645. The van der Waals surface area contributed by atoms with E-state index in [9.17, 15) is 10.2 Å². The molecule has 0 amide bonds. The first-order valence-electron chi connectivity index (χ1n) is 7.12. The quantitative estimate of drug-likeness (QED) is 0.789. The topological polar surface area (TPSA) is 52.9 Å². The lowest BCUT2D eigenvalue weighted by Crippen LogP contribution is -2.62. The summed E-state index contributed by atoms with van der Waals surface area (Å²) in [7, 11) is 0. The lowest BCUT2D eigenvalue weighted by atomic mass is 9.58. The zero-order chi connectivity index (χ0) is 13.4. The van der Waals surface area contributed by atoms with Crippen LogP contribution in [-0.4, -0.2) is 59.2 Å². The van der Waals surface area contributed by atoms with Crippen LogP contribution in [0.15, 0.2) is 0 Å². The number of hydrogen-bond donors (Lipinski definition) is 2. The standard InChI is InChI=1S/C14H27NO3/c1-4-18-12-9-11(16)14(12)5-7-15(8-6-14)10-13(2,3)17/h11-12,16-17H,4-10H2,1-3H3. The minimum Gasteiger partial charge on any atom is -0.392 e. The summed E-state index contributed by atoms with van der Waals surface area (Å²) in [5.74, 6) is 0. The highest BCUT2D eigenvalue weighted by Crippen LogP contribution is 2.50. The molecule has 0 aromatic rings. The highest BCUT2D eigenvalue weighted by molar-refractivity contribution is 5.06. The molecule has 0 aromatic heterocycles. The average Bonchev–Trinajstić information content (AvgIpc) is 2.28. The molecule has 1 aliphatic heterocycles. The number of nitrogens with zero attached hydrogens (tertiary/aromatic N) is 1. The van der Waals surface area contributed by atoms with E-state index in [1.165, 1.54) is 0 Å². The van der Waals surface area contributed by atoms with Gasteiger partial charge in [-0.1, -0.05) is 0 Å². The second kappa shape index (κ2) is 5.08. The molecule has 2 N–H and O–H groups in total. The van der Waals surface area contributed by atoms with Gasteiger partial charge in [0.05, 0.1) is 17.8 Å². The second-order valence-corrected chi connectivity index (χ2v) is 6.52. The molecule has 0 radical (unpaired) electrons. The highest BCUT2D eigenvalue weighted by atomic mass is 16.5. The molecule has 1 saturated heterocycles. The fraction of sp³-hybridized carbons (Fsp3) is 1.00. The molecule has 2 fully saturated rings. The third kappa shape index (κ3) is 2.72. The molecule has 0 bridgehead atoms. The first kappa shape index (κ1) is 14.3. The van der Waals surface area contributed by atoms with Gasteiger partial charge < -0.3 is 19.8 Å². The summed E-state index contributed by atoms with van der Waals surface area (Å²) < 4.78 is 5.75. The van der Waals surface area contributed by atoms with Crippen LogP contribution in [0.5, 0.6) is 0 Å². The molecule has 0 aromatic carbocycles. The van der Waals surface area contributed by atoms with Crippen LogP contribution in [0.25, 0.3) is 0 Å². The molecule has 2 atom stereocenters. The van der Waals surface area contributed by atoms with Gasteiger partial charge in [0.1, 0.15) is 0 Å². The Balaban J connectivity index is 1.89. The number of ether oxygens (including phenoxy) is 1. The van der Waals surface area contributed by atoms with Crippen LogP contribution in [-0.2, 0) is 4.74 Å². The second-order valence-electron chi connectivity index (χ2n) is 6.52. The molecule has 4 nitrogen and oxygen atoms in total. The van der Waals surface area contributed by atoms with Crippen LogP contribution in [0.2, 0.25) is 0 Å². The molecular weight excluding hydrogens is 230 g/mol. The van der Waals surface area contributed by atoms with Crippen LogP contribution in [0, 0.1) is 5.41 Å². The number of β-amino-alcohol motifs (C(OH)–C–C–N with tert-alkyl or cyclic N) is 1. The number of hydrogen-bond acceptors (Lipinski definition) is 4. The monoisotopic (exact) mass is 257 g/mol. The fourth-order valence-corrected chi connectivity index (χ4v) is 3.49. The van der Waals surface area contributed by atoms with Gasteiger partial charge in [-0.05, 0) is 46.7 Å². The van der Waals surface area contributed by atoms with Crippen molar-refractivity contribution in [2.75, 3.05) is 26.2 Å². The molecule has 1 saturated carbocycles. The Morgan fingerprint density at radius 3 is 2.39 bits per heavy atom. The first-order chi connectivity index (χ1) is 8.37. The molecule has 2 rings (SSSR count). The van der Waals surface area contributed by atoms with Crippen molar-refractivity contribution in [3.63, 3.8) is 0 Å². The molecule has 1 spiro atoms. The predicted molar refractivity (Wildman–Crippen MR) is 70.4 cm³/mol. The summed E-state index contributed by atoms with van der Waals surface area (Å²) >= 11 is 0. The SMILES string of the molecule is CCOC1CC(O)C12CCN(CC(C)(C)O)CC2. The van der Waals surface area contributed by atoms with Crippen LogP contribution in [0.1, 0.15) is 40.0 Å². The van der Waals surface area contributed by atoms with E-state index in [2.05, 4.69) is 4.90 Å². The van der Waals surface area contributed by atoms with Crippen LogP contribution in [0.3, 0.4) is 0 Å². The third-order valence-electron chi connectivity index (χ3n) is 4.51. The Hall–Kier alpha value is -0.160. The Morgan fingerprint density at radius 1 is 1.33 bits per heavy atom. The summed E-state index contributed by atoms with van der Waals surface area (Å²) in [6.45, 7) is 9.04. The van der Waals surface area contributed by atoms with E-state index < -0.39 is 5.60 Å². The summed E-state index contributed by atoms with van der Waals surface area (Å²) in [4.78, 5) is 2.29. The summed E-state index contributed by atoms with van der Waals surface area (Å²) in [6.07, 6.45) is 2.79. The minimum absolute atomic E-state index is 0.00783. The normalized spacial score (nSPS) is 32.5. The van der Waals surface area contributed by atoms with E-state index in [4.69, 9.17) is 4.74 Å². The number of likely N-dealkylation sites (tertiary alicyclic amines) is 1. The van der Waals surface area contributed by atoms with Crippen LogP contribution in [0.4, 0.5) is 0 Å². The largest absolute Gasteiger partial charge is 0.392 e. The number of aliphatic hydroxyl groups is 2. The molecule has 1 heterocycles. The van der Waals surface area contributed by atoms with E-state index in [0.29, 0.717) is 6.54 Å². The maximum Gasteiger partial charge on any atom is 0.0718 e. The van der Waals surface area contributed by atoms with E-state index in [1.807, 2.05) is 20.8 Å². The van der Waals surface area contributed by atoms with E-state index in [0.717, 1.165) is 39.0 Å². The van der Waals surface area contributed by atoms with Crippen molar-refractivity contribution in [2.45, 2.75) is 57.8 Å². The van der Waals surface area contributed by atoms with Crippen molar-refractivity contribution in [1.82, 2.24) is 4.90 Å². The van der Waals surface area contributed by atoms with Gasteiger partial charge in [0.15, 0.2) is 0 Å². The molecule has 4 heteroatoms. The maximum atomic E-state index is 10.1. The van der Waals surface area contributed by atoms with E-state index >= 15 is 0 Å². The van der Waals surface area contributed by atoms with E-state index in [1.54, 1.807) is 0 Å². The van der Waals surface area contributed by atoms with Crippen molar-refractivity contribution in [3.05, 3.63) is 0 Å². The highest BCUT2D eigenvalue weighted by Gasteiger charge is 2.56. The lowest BCUT2D eigenvalue weighted by Gasteiger charge is -2.57. The Bertz CT molecular complexity index is 277. The van der Waals surface area contributed by atoms with Crippen molar-refractivity contribution < 1.29 is 14.9 Å². The fourth-order valence-electron chi connectivity index (χ4n) is 3.49. The molecule has 18 heavy (non-hydrogen) atoms. The van der Waals surface area contributed by atoms with Crippen molar-refractivity contribution in [2.24, 2.45) is 5.41 Å². The summed E-state index contributed by atoms with van der Waals surface area (Å²) in [6, 6.07) is 0. The third-order valence-corrected chi connectivity index (χ3v) is 4.51. The molecule has 106 valence electrons. The lowest BCUT2D eigenvalue weighted by molar-refractivity contribution is -0.210. The number of aliphatic hydroxyl groups excluding tert-OH is 1. The smallest absolute Gasteiger partial charge is 0.0718 e. The molecule has 1 aliphatic carbocycles. The van der Waals surface area contributed by atoms with Crippen LogP contribution >= 0.6 is 0 Å². The molecule has 2 unspecified atom stereocenters. The van der Waals surface area contributed by atoms with Crippen molar-refractivity contribution >= 4 is 0 Å². The van der Waals surface area contributed by atoms with Gasteiger partial charge in [0.2, 0.25) is 0 Å². The van der Waals surface area contributed by atoms with Crippen molar-refractivity contribution in [3.8, 4) is 0 Å². The summed E-state index contributed by atoms with van der Waals surface area (Å²) in [5, 5.41) is 19.9. The Labute approximate surface area is 110 Å². The van der Waals surface area contributed by atoms with Gasteiger partial charge >= 0.3 is 0 Å². The van der Waals surface area contributed by atoms with Crippen LogP contribution < -0.4 is 0 Å². The predicted octanol–water partition coefficient (Wildman–Crippen LogP) is 1.01. The Morgan fingerprint density at radius 2 is 1.94 bits per heavy atom.